The number of anilines is 2. The third kappa shape index (κ3) is 2.28. The van der Waals surface area contributed by atoms with Gasteiger partial charge in [-0.1, -0.05) is 0 Å². The standard InChI is InChI=1S/C10H14N6/c1-15(6-8-3-13-16(2)7-8)10-5-12-4-9(11)14-10/h3-5,7H,6H2,1-2H3,(H2,11,14). The van der Waals surface area contributed by atoms with Crippen molar-refractivity contribution in [1.29, 1.82) is 0 Å². The topological polar surface area (TPSA) is 72.9 Å². The van der Waals surface area contributed by atoms with E-state index >= 15 is 0 Å². The van der Waals surface area contributed by atoms with Crippen LogP contribution in [0, 0.1) is 0 Å². The molecule has 2 N–H and O–H groups in total. The van der Waals surface area contributed by atoms with Gasteiger partial charge in [0.15, 0.2) is 0 Å². The van der Waals surface area contributed by atoms with E-state index in [1.54, 1.807) is 10.9 Å². The summed E-state index contributed by atoms with van der Waals surface area (Å²) < 4.78 is 1.77. The molecule has 16 heavy (non-hydrogen) atoms. The Bertz CT molecular complexity index is 478. The van der Waals surface area contributed by atoms with Crippen LogP contribution in [-0.4, -0.2) is 26.8 Å². The molecular formula is C10H14N6. The van der Waals surface area contributed by atoms with Crippen molar-refractivity contribution in [3.63, 3.8) is 0 Å². The second-order valence-electron chi connectivity index (χ2n) is 3.68. The maximum atomic E-state index is 5.58. The lowest BCUT2D eigenvalue weighted by atomic mass is 10.3. The highest BCUT2D eigenvalue weighted by Gasteiger charge is 2.05. The summed E-state index contributed by atoms with van der Waals surface area (Å²) in [5.74, 6) is 1.18. The second-order valence-corrected chi connectivity index (χ2v) is 3.68. The van der Waals surface area contributed by atoms with Crippen molar-refractivity contribution in [3.05, 3.63) is 30.4 Å². The first-order valence-electron chi connectivity index (χ1n) is 4.91. The Morgan fingerprint density at radius 3 is 2.81 bits per heavy atom. The lowest BCUT2D eigenvalue weighted by Gasteiger charge is -2.16. The molecule has 2 rings (SSSR count). The SMILES string of the molecule is CN(Cc1cnn(C)c1)c1cncc(N)n1. The maximum absolute atomic E-state index is 5.58. The molecular weight excluding hydrogens is 204 g/mol. The van der Waals surface area contributed by atoms with Crippen LogP contribution in [-0.2, 0) is 13.6 Å². The summed E-state index contributed by atoms with van der Waals surface area (Å²) in [5, 5.41) is 4.11. The van der Waals surface area contributed by atoms with Gasteiger partial charge in [0.25, 0.3) is 0 Å². The van der Waals surface area contributed by atoms with Crippen LogP contribution in [0.25, 0.3) is 0 Å². The van der Waals surface area contributed by atoms with Gasteiger partial charge in [0, 0.05) is 32.4 Å². The van der Waals surface area contributed by atoms with Crippen LogP contribution in [0.5, 0.6) is 0 Å². The Balaban J connectivity index is 2.11. The minimum absolute atomic E-state index is 0.426. The van der Waals surface area contributed by atoms with Crippen molar-refractivity contribution < 1.29 is 0 Å². The largest absolute Gasteiger partial charge is 0.382 e. The van der Waals surface area contributed by atoms with Crippen LogP contribution >= 0.6 is 0 Å². The average Bonchev–Trinajstić information content (AvgIpc) is 2.64. The minimum atomic E-state index is 0.426. The lowest BCUT2D eigenvalue weighted by molar-refractivity contribution is 0.766. The van der Waals surface area contributed by atoms with Gasteiger partial charge in [0.2, 0.25) is 0 Å². The van der Waals surface area contributed by atoms with Gasteiger partial charge in [-0.25, -0.2) is 4.98 Å². The normalized spacial score (nSPS) is 10.4. The Labute approximate surface area is 93.7 Å². The zero-order chi connectivity index (χ0) is 11.5. The predicted octanol–water partition coefficient (Wildman–Crippen LogP) is 0.429. The molecule has 2 aromatic rings. The summed E-state index contributed by atoms with van der Waals surface area (Å²) in [6.45, 7) is 0.728. The van der Waals surface area contributed by atoms with Gasteiger partial charge in [-0.3, -0.25) is 9.67 Å². The number of nitrogens with zero attached hydrogens (tertiary/aromatic N) is 5. The van der Waals surface area contributed by atoms with Crippen LogP contribution in [0.2, 0.25) is 0 Å². The van der Waals surface area contributed by atoms with Crippen LogP contribution < -0.4 is 10.6 Å². The van der Waals surface area contributed by atoms with Crippen LogP contribution in [0.3, 0.4) is 0 Å². The molecule has 0 aliphatic carbocycles. The maximum Gasteiger partial charge on any atom is 0.149 e. The molecule has 0 saturated heterocycles. The van der Waals surface area contributed by atoms with E-state index in [-0.39, 0.29) is 0 Å². The second kappa shape index (κ2) is 4.18. The van der Waals surface area contributed by atoms with Gasteiger partial charge < -0.3 is 10.6 Å². The number of nitrogen functional groups attached to an aromatic ring is 1. The number of rotatable bonds is 3. The predicted molar refractivity (Wildman–Crippen MR) is 61.8 cm³/mol. The van der Waals surface area contributed by atoms with Crippen LogP contribution in [0.1, 0.15) is 5.56 Å². The molecule has 0 amide bonds. The summed E-state index contributed by atoms with van der Waals surface area (Å²) in [6.07, 6.45) is 7.01. The fraction of sp³-hybridized carbons (Fsp3) is 0.300. The highest BCUT2D eigenvalue weighted by Crippen LogP contribution is 2.11. The summed E-state index contributed by atoms with van der Waals surface area (Å²) in [7, 11) is 3.83. The molecule has 6 heteroatoms. The van der Waals surface area contributed by atoms with Gasteiger partial charge >= 0.3 is 0 Å². The van der Waals surface area contributed by atoms with Crippen molar-refractivity contribution in [2.75, 3.05) is 17.7 Å². The zero-order valence-corrected chi connectivity index (χ0v) is 9.33. The van der Waals surface area contributed by atoms with Crippen molar-refractivity contribution in [2.24, 2.45) is 7.05 Å². The Morgan fingerprint density at radius 2 is 2.19 bits per heavy atom. The van der Waals surface area contributed by atoms with Gasteiger partial charge in [0.1, 0.15) is 11.6 Å². The van der Waals surface area contributed by atoms with Gasteiger partial charge in [-0.15, -0.1) is 0 Å². The summed E-state index contributed by atoms with van der Waals surface area (Å²) in [6, 6.07) is 0. The molecule has 0 spiro atoms. The number of aryl methyl sites for hydroxylation is 1. The van der Waals surface area contributed by atoms with E-state index in [9.17, 15) is 0 Å². The zero-order valence-electron chi connectivity index (χ0n) is 9.33. The molecule has 0 aliphatic heterocycles. The minimum Gasteiger partial charge on any atom is -0.382 e. The quantitative estimate of drug-likeness (QED) is 0.808. The van der Waals surface area contributed by atoms with E-state index in [1.807, 2.05) is 31.4 Å². The van der Waals surface area contributed by atoms with Gasteiger partial charge in [0.05, 0.1) is 18.6 Å². The lowest BCUT2D eigenvalue weighted by Crippen LogP contribution is -2.18. The molecule has 6 nitrogen and oxygen atoms in total. The van der Waals surface area contributed by atoms with E-state index in [2.05, 4.69) is 15.1 Å². The van der Waals surface area contributed by atoms with Crippen molar-refractivity contribution in [1.82, 2.24) is 19.7 Å². The molecule has 0 aliphatic rings. The summed E-state index contributed by atoms with van der Waals surface area (Å²) in [4.78, 5) is 10.2. The molecule has 0 unspecified atom stereocenters. The highest BCUT2D eigenvalue weighted by atomic mass is 15.2. The molecule has 0 fully saturated rings. The van der Waals surface area contributed by atoms with E-state index in [4.69, 9.17) is 5.73 Å². The van der Waals surface area contributed by atoms with Crippen molar-refractivity contribution in [2.45, 2.75) is 6.54 Å². The summed E-state index contributed by atoms with van der Waals surface area (Å²) in [5.41, 5.74) is 6.70. The van der Waals surface area contributed by atoms with E-state index in [1.165, 1.54) is 6.20 Å². The first-order valence-corrected chi connectivity index (χ1v) is 4.91. The van der Waals surface area contributed by atoms with Gasteiger partial charge in [-0.2, -0.15) is 5.10 Å². The summed E-state index contributed by atoms with van der Waals surface area (Å²) >= 11 is 0. The Hall–Kier alpha value is -2.11. The fourth-order valence-corrected chi connectivity index (χ4v) is 1.46. The molecule has 0 atom stereocenters. The molecule has 84 valence electrons. The Morgan fingerprint density at radius 1 is 1.38 bits per heavy atom. The van der Waals surface area contributed by atoms with Crippen molar-refractivity contribution in [3.8, 4) is 0 Å². The molecule has 2 heterocycles. The molecule has 2 aromatic heterocycles. The molecule has 0 bridgehead atoms. The first-order chi connectivity index (χ1) is 7.65. The number of hydrogen-bond donors (Lipinski definition) is 1. The smallest absolute Gasteiger partial charge is 0.149 e. The van der Waals surface area contributed by atoms with E-state index in [0.29, 0.717) is 5.82 Å². The fourth-order valence-electron chi connectivity index (χ4n) is 1.46. The number of aromatic nitrogens is 4. The molecule has 0 saturated carbocycles. The first kappa shape index (κ1) is 10.4. The Kier molecular flexibility index (Phi) is 2.72. The third-order valence-corrected chi connectivity index (χ3v) is 2.21. The average molecular weight is 218 g/mol. The van der Waals surface area contributed by atoms with E-state index < -0.39 is 0 Å². The van der Waals surface area contributed by atoms with Gasteiger partial charge in [-0.05, 0) is 0 Å². The van der Waals surface area contributed by atoms with Crippen LogP contribution in [0.4, 0.5) is 11.6 Å². The number of nitrogens with two attached hydrogens (primary N) is 1. The highest BCUT2D eigenvalue weighted by molar-refractivity contribution is 5.41. The molecule has 0 radical (unpaired) electrons. The van der Waals surface area contributed by atoms with E-state index in [0.717, 1.165) is 17.9 Å². The monoisotopic (exact) mass is 218 g/mol. The van der Waals surface area contributed by atoms with Crippen LogP contribution in [0.15, 0.2) is 24.8 Å². The van der Waals surface area contributed by atoms with Crippen molar-refractivity contribution >= 4 is 11.6 Å². The number of hydrogen-bond acceptors (Lipinski definition) is 5. The third-order valence-electron chi connectivity index (χ3n) is 2.21. The molecule has 0 aromatic carbocycles.